The highest BCUT2D eigenvalue weighted by Crippen LogP contribution is 2.21. The summed E-state index contributed by atoms with van der Waals surface area (Å²) < 4.78 is 0. The zero-order valence-corrected chi connectivity index (χ0v) is 10.7. The molecule has 1 fully saturated rings. The van der Waals surface area contributed by atoms with Gasteiger partial charge < -0.3 is 5.32 Å². The summed E-state index contributed by atoms with van der Waals surface area (Å²) in [5.74, 6) is 1.03. The van der Waals surface area contributed by atoms with Crippen molar-refractivity contribution in [2.75, 3.05) is 11.6 Å². The topological polar surface area (TPSA) is 24.9 Å². The second-order valence-corrected chi connectivity index (χ2v) is 5.30. The van der Waals surface area contributed by atoms with Crippen LogP contribution in [0.4, 0.5) is 5.82 Å². The van der Waals surface area contributed by atoms with E-state index in [1.165, 1.54) is 43.4 Å². The third kappa shape index (κ3) is 3.41. The first-order valence-corrected chi connectivity index (χ1v) is 7.37. The van der Waals surface area contributed by atoms with Crippen molar-refractivity contribution in [3.05, 3.63) is 18.3 Å². The highest BCUT2D eigenvalue weighted by atomic mass is 32.2. The van der Waals surface area contributed by atoms with Gasteiger partial charge in [-0.15, -0.1) is 11.8 Å². The van der Waals surface area contributed by atoms with Crippen LogP contribution >= 0.6 is 11.8 Å². The highest BCUT2D eigenvalue weighted by Gasteiger charge is 2.11. The standard InChI is InChI=1S/C13H20N2S/c1-16-12-8-9-13(14-10-12)15-11-6-4-2-3-5-7-11/h8-11H,2-7H2,1H3,(H,14,15). The Hall–Kier alpha value is -0.700. The fraction of sp³-hybridized carbons (Fsp3) is 0.615. The maximum Gasteiger partial charge on any atom is 0.126 e. The molecule has 1 aliphatic rings. The Kier molecular flexibility index (Phi) is 4.52. The lowest BCUT2D eigenvalue weighted by molar-refractivity contribution is 0.617. The molecular weight excluding hydrogens is 216 g/mol. The van der Waals surface area contributed by atoms with Gasteiger partial charge in [-0.1, -0.05) is 25.7 Å². The molecule has 1 aromatic heterocycles. The van der Waals surface area contributed by atoms with Crippen LogP contribution in [0.1, 0.15) is 38.5 Å². The first kappa shape index (κ1) is 11.8. The van der Waals surface area contributed by atoms with Gasteiger partial charge in [0.15, 0.2) is 0 Å². The normalized spacial score (nSPS) is 18.1. The van der Waals surface area contributed by atoms with Crippen molar-refractivity contribution >= 4 is 17.6 Å². The maximum absolute atomic E-state index is 4.44. The summed E-state index contributed by atoms with van der Waals surface area (Å²) >= 11 is 1.74. The van der Waals surface area contributed by atoms with Crippen LogP contribution in [-0.4, -0.2) is 17.3 Å². The van der Waals surface area contributed by atoms with Crippen LogP contribution in [0.15, 0.2) is 23.2 Å². The van der Waals surface area contributed by atoms with Gasteiger partial charge in [0.1, 0.15) is 5.82 Å². The molecular formula is C13H20N2S. The van der Waals surface area contributed by atoms with E-state index < -0.39 is 0 Å². The van der Waals surface area contributed by atoms with Crippen molar-refractivity contribution in [2.45, 2.75) is 49.5 Å². The molecule has 16 heavy (non-hydrogen) atoms. The predicted molar refractivity (Wildman–Crippen MR) is 71.1 cm³/mol. The zero-order valence-electron chi connectivity index (χ0n) is 9.91. The van der Waals surface area contributed by atoms with Crippen molar-refractivity contribution in [3.63, 3.8) is 0 Å². The Morgan fingerprint density at radius 1 is 1.19 bits per heavy atom. The van der Waals surface area contributed by atoms with Gasteiger partial charge in [0, 0.05) is 17.1 Å². The van der Waals surface area contributed by atoms with Crippen molar-refractivity contribution in [3.8, 4) is 0 Å². The fourth-order valence-electron chi connectivity index (χ4n) is 2.22. The second-order valence-electron chi connectivity index (χ2n) is 4.42. The van der Waals surface area contributed by atoms with E-state index in [1.807, 2.05) is 6.20 Å². The summed E-state index contributed by atoms with van der Waals surface area (Å²) in [7, 11) is 0. The predicted octanol–water partition coefficient (Wildman–Crippen LogP) is 3.94. The Labute approximate surface area is 102 Å². The second kappa shape index (κ2) is 6.14. The van der Waals surface area contributed by atoms with E-state index in [4.69, 9.17) is 0 Å². The summed E-state index contributed by atoms with van der Waals surface area (Å²) in [6, 6.07) is 4.86. The van der Waals surface area contributed by atoms with Gasteiger partial charge in [0.25, 0.3) is 0 Å². The van der Waals surface area contributed by atoms with E-state index in [9.17, 15) is 0 Å². The third-order valence-corrected chi connectivity index (χ3v) is 3.89. The maximum atomic E-state index is 4.44. The van der Waals surface area contributed by atoms with Gasteiger partial charge in [-0.2, -0.15) is 0 Å². The smallest absolute Gasteiger partial charge is 0.126 e. The minimum absolute atomic E-state index is 0.634. The first-order valence-electron chi connectivity index (χ1n) is 6.15. The average molecular weight is 236 g/mol. The molecule has 0 saturated heterocycles. The van der Waals surface area contributed by atoms with E-state index in [1.54, 1.807) is 11.8 Å². The number of nitrogens with one attached hydrogen (secondary N) is 1. The SMILES string of the molecule is CSc1ccc(NC2CCCCCC2)nc1. The van der Waals surface area contributed by atoms with E-state index in [0.717, 1.165) is 5.82 Å². The fourth-order valence-corrected chi connectivity index (χ4v) is 2.58. The summed E-state index contributed by atoms with van der Waals surface area (Å²) in [5, 5.41) is 3.55. The number of rotatable bonds is 3. The number of anilines is 1. The molecule has 3 heteroatoms. The molecule has 0 radical (unpaired) electrons. The average Bonchev–Trinajstić information content (AvgIpc) is 2.59. The number of thioether (sulfide) groups is 1. The zero-order chi connectivity index (χ0) is 11.2. The van der Waals surface area contributed by atoms with Crippen molar-refractivity contribution in [1.29, 1.82) is 0 Å². The number of aromatic nitrogens is 1. The van der Waals surface area contributed by atoms with Crippen molar-refractivity contribution in [1.82, 2.24) is 4.98 Å². The molecule has 2 nitrogen and oxygen atoms in total. The molecule has 0 aliphatic heterocycles. The Morgan fingerprint density at radius 2 is 1.94 bits per heavy atom. The molecule has 88 valence electrons. The minimum Gasteiger partial charge on any atom is -0.367 e. The highest BCUT2D eigenvalue weighted by molar-refractivity contribution is 7.98. The first-order chi connectivity index (χ1) is 7.88. The van der Waals surface area contributed by atoms with E-state index >= 15 is 0 Å². The Morgan fingerprint density at radius 3 is 2.50 bits per heavy atom. The lowest BCUT2D eigenvalue weighted by Crippen LogP contribution is -2.18. The number of nitrogens with zero attached hydrogens (tertiary/aromatic N) is 1. The van der Waals surface area contributed by atoms with E-state index in [-0.39, 0.29) is 0 Å². The number of hydrogen-bond acceptors (Lipinski definition) is 3. The minimum atomic E-state index is 0.634. The third-order valence-electron chi connectivity index (χ3n) is 3.18. The van der Waals surface area contributed by atoms with Crippen LogP contribution in [0, 0.1) is 0 Å². The van der Waals surface area contributed by atoms with Crippen LogP contribution in [0.25, 0.3) is 0 Å². The molecule has 1 saturated carbocycles. The summed E-state index contributed by atoms with van der Waals surface area (Å²) in [5.41, 5.74) is 0. The monoisotopic (exact) mass is 236 g/mol. The van der Waals surface area contributed by atoms with E-state index in [0.29, 0.717) is 6.04 Å². The van der Waals surface area contributed by atoms with Gasteiger partial charge in [-0.3, -0.25) is 0 Å². The molecule has 0 unspecified atom stereocenters. The van der Waals surface area contributed by atoms with Crippen LogP contribution in [-0.2, 0) is 0 Å². The van der Waals surface area contributed by atoms with Gasteiger partial charge in [0.05, 0.1) is 0 Å². The summed E-state index contributed by atoms with van der Waals surface area (Å²) in [6.07, 6.45) is 12.1. The van der Waals surface area contributed by atoms with Gasteiger partial charge in [-0.25, -0.2) is 4.98 Å². The Bertz CT molecular complexity index is 302. The molecule has 0 amide bonds. The molecule has 1 N–H and O–H groups in total. The molecule has 0 bridgehead atoms. The molecule has 1 aromatic rings. The molecule has 0 spiro atoms. The van der Waals surface area contributed by atoms with Crippen LogP contribution < -0.4 is 5.32 Å². The summed E-state index contributed by atoms with van der Waals surface area (Å²) in [6.45, 7) is 0. The quantitative estimate of drug-likeness (QED) is 0.635. The van der Waals surface area contributed by atoms with Crippen molar-refractivity contribution in [2.24, 2.45) is 0 Å². The molecule has 1 aliphatic carbocycles. The largest absolute Gasteiger partial charge is 0.367 e. The lowest BCUT2D eigenvalue weighted by atomic mass is 10.1. The van der Waals surface area contributed by atoms with Crippen molar-refractivity contribution < 1.29 is 0 Å². The van der Waals surface area contributed by atoms with Crippen LogP contribution in [0.3, 0.4) is 0 Å². The molecule has 0 aromatic carbocycles. The van der Waals surface area contributed by atoms with Crippen LogP contribution in [0.2, 0.25) is 0 Å². The van der Waals surface area contributed by atoms with Gasteiger partial charge >= 0.3 is 0 Å². The number of pyridine rings is 1. The van der Waals surface area contributed by atoms with Crippen LogP contribution in [0.5, 0.6) is 0 Å². The van der Waals surface area contributed by atoms with Gasteiger partial charge in [-0.05, 0) is 31.2 Å². The number of hydrogen-bond donors (Lipinski definition) is 1. The summed E-state index contributed by atoms with van der Waals surface area (Å²) in [4.78, 5) is 5.67. The molecule has 0 atom stereocenters. The molecule has 2 rings (SSSR count). The molecule has 1 heterocycles. The van der Waals surface area contributed by atoms with E-state index in [2.05, 4.69) is 28.7 Å². The lowest BCUT2D eigenvalue weighted by Gasteiger charge is -2.16. The Balaban J connectivity index is 1.91. The van der Waals surface area contributed by atoms with Gasteiger partial charge in [0.2, 0.25) is 0 Å².